The average molecular weight is 427 g/mol. The van der Waals surface area contributed by atoms with E-state index in [1.165, 1.54) is 16.4 Å². The normalized spacial score (nSPS) is 15.7. The third-order valence-electron chi connectivity index (χ3n) is 4.71. The van der Waals surface area contributed by atoms with Crippen molar-refractivity contribution in [2.45, 2.75) is 18.2 Å². The van der Waals surface area contributed by atoms with Gasteiger partial charge in [-0.25, -0.2) is 8.42 Å². The lowest BCUT2D eigenvalue weighted by atomic mass is 10.1. The van der Waals surface area contributed by atoms with Gasteiger partial charge in [-0.3, -0.25) is 4.79 Å². The first-order valence-electron chi connectivity index (χ1n) is 8.56. The van der Waals surface area contributed by atoms with Crippen LogP contribution < -0.4 is 0 Å². The molecule has 1 saturated heterocycles. The molecule has 0 aromatic heterocycles. The number of hydrogen-bond acceptors (Lipinski definition) is 3. The summed E-state index contributed by atoms with van der Waals surface area (Å²) in [6, 6.07) is 12.1. The van der Waals surface area contributed by atoms with Crippen LogP contribution in [0.15, 0.2) is 47.4 Å². The molecule has 1 aliphatic rings. The van der Waals surface area contributed by atoms with Crippen LogP contribution in [-0.2, 0) is 21.2 Å². The first kappa shape index (κ1) is 20.1. The highest BCUT2D eigenvalue weighted by Crippen LogP contribution is 2.28. The summed E-state index contributed by atoms with van der Waals surface area (Å²) in [5, 5.41) is 0.447. The molecular weight excluding hydrogens is 407 g/mol. The molecule has 0 unspecified atom stereocenters. The Bertz CT molecular complexity index is 955. The fourth-order valence-corrected chi connectivity index (χ4v) is 5.23. The van der Waals surface area contributed by atoms with Gasteiger partial charge < -0.3 is 4.90 Å². The van der Waals surface area contributed by atoms with E-state index < -0.39 is 10.0 Å². The van der Waals surface area contributed by atoms with Gasteiger partial charge in [0.05, 0.1) is 11.4 Å². The maximum atomic E-state index is 12.9. The molecule has 0 N–H and O–H groups in total. The van der Waals surface area contributed by atoms with Gasteiger partial charge in [0.25, 0.3) is 0 Å². The molecule has 1 amide bonds. The number of amides is 1. The van der Waals surface area contributed by atoms with Gasteiger partial charge in [-0.15, -0.1) is 0 Å². The van der Waals surface area contributed by atoms with Crippen LogP contribution >= 0.6 is 23.2 Å². The zero-order valence-electron chi connectivity index (χ0n) is 14.9. The number of benzene rings is 2. The molecule has 0 aliphatic carbocycles. The predicted molar refractivity (Wildman–Crippen MR) is 107 cm³/mol. The van der Waals surface area contributed by atoms with Crippen LogP contribution in [0.1, 0.15) is 11.1 Å². The van der Waals surface area contributed by atoms with Crippen molar-refractivity contribution in [3.63, 3.8) is 0 Å². The Morgan fingerprint density at radius 1 is 1.04 bits per heavy atom. The number of piperazine rings is 1. The van der Waals surface area contributed by atoms with E-state index in [0.29, 0.717) is 24.5 Å². The van der Waals surface area contributed by atoms with Crippen LogP contribution in [0.25, 0.3) is 0 Å². The Balaban J connectivity index is 1.67. The number of hydrogen-bond donors (Lipinski definition) is 0. The highest BCUT2D eigenvalue weighted by atomic mass is 35.5. The highest BCUT2D eigenvalue weighted by Gasteiger charge is 2.31. The second-order valence-electron chi connectivity index (χ2n) is 6.46. The molecule has 5 nitrogen and oxygen atoms in total. The number of rotatable bonds is 4. The van der Waals surface area contributed by atoms with Gasteiger partial charge in [0.2, 0.25) is 15.9 Å². The number of carbonyl (C=O) groups excluding carboxylic acids is 1. The molecule has 1 heterocycles. The van der Waals surface area contributed by atoms with Gasteiger partial charge in [-0.05, 0) is 36.2 Å². The van der Waals surface area contributed by atoms with E-state index in [-0.39, 0.29) is 28.9 Å². The van der Waals surface area contributed by atoms with E-state index in [0.717, 1.165) is 11.1 Å². The Hall–Kier alpha value is -1.60. The minimum absolute atomic E-state index is 0.00198. The predicted octanol–water partition coefficient (Wildman–Crippen LogP) is 3.38. The van der Waals surface area contributed by atoms with Crippen molar-refractivity contribution in [3.05, 3.63) is 63.6 Å². The van der Waals surface area contributed by atoms with Gasteiger partial charge >= 0.3 is 0 Å². The summed E-state index contributed by atoms with van der Waals surface area (Å²) in [4.78, 5) is 14.3. The van der Waals surface area contributed by atoms with Crippen LogP contribution in [-0.4, -0.2) is 49.7 Å². The molecule has 3 rings (SSSR count). The van der Waals surface area contributed by atoms with Crippen molar-refractivity contribution in [2.75, 3.05) is 26.2 Å². The number of aryl methyl sites for hydroxylation is 1. The molecule has 144 valence electrons. The van der Waals surface area contributed by atoms with Gasteiger partial charge in [-0.2, -0.15) is 4.31 Å². The molecule has 0 spiro atoms. The number of nitrogens with zero attached hydrogens (tertiary/aromatic N) is 2. The van der Waals surface area contributed by atoms with Crippen molar-refractivity contribution in [3.8, 4) is 0 Å². The first-order valence-corrected chi connectivity index (χ1v) is 10.8. The summed E-state index contributed by atoms with van der Waals surface area (Å²) in [6.07, 6.45) is 0.319. The van der Waals surface area contributed by atoms with Crippen LogP contribution in [0.4, 0.5) is 0 Å². The molecular formula is C19H20Cl2N2O3S. The fourth-order valence-electron chi connectivity index (χ4n) is 3.07. The zero-order valence-corrected chi connectivity index (χ0v) is 17.2. The summed E-state index contributed by atoms with van der Waals surface area (Å²) in [6.45, 7) is 3.13. The molecule has 0 radical (unpaired) electrons. The van der Waals surface area contributed by atoms with E-state index in [1.807, 2.05) is 31.2 Å². The second-order valence-corrected chi connectivity index (χ2v) is 9.21. The summed E-state index contributed by atoms with van der Waals surface area (Å²) >= 11 is 12.0. The van der Waals surface area contributed by atoms with Crippen molar-refractivity contribution in [2.24, 2.45) is 0 Å². The Kier molecular flexibility index (Phi) is 6.11. The summed E-state index contributed by atoms with van der Waals surface area (Å²) in [7, 11) is -3.75. The van der Waals surface area contributed by atoms with Gasteiger partial charge in [-0.1, -0.05) is 47.5 Å². The van der Waals surface area contributed by atoms with Gasteiger partial charge in [0, 0.05) is 31.2 Å². The smallest absolute Gasteiger partial charge is 0.244 e. The van der Waals surface area contributed by atoms with Gasteiger partial charge in [0.1, 0.15) is 4.90 Å². The minimum atomic E-state index is -3.75. The quantitative estimate of drug-likeness (QED) is 0.752. The van der Waals surface area contributed by atoms with E-state index in [2.05, 4.69) is 0 Å². The van der Waals surface area contributed by atoms with Crippen LogP contribution in [0.3, 0.4) is 0 Å². The molecule has 1 aliphatic heterocycles. The lowest BCUT2D eigenvalue weighted by molar-refractivity contribution is -0.131. The SMILES string of the molecule is Cc1ccccc1CC(=O)N1CCN(S(=O)(=O)c2cc(Cl)ccc2Cl)CC1. The van der Waals surface area contributed by atoms with Crippen molar-refractivity contribution in [1.29, 1.82) is 0 Å². The molecule has 0 atom stereocenters. The van der Waals surface area contributed by atoms with Crippen molar-refractivity contribution in [1.82, 2.24) is 9.21 Å². The minimum Gasteiger partial charge on any atom is -0.340 e. The van der Waals surface area contributed by atoms with E-state index in [9.17, 15) is 13.2 Å². The summed E-state index contributed by atoms with van der Waals surface area (Å²) < 4.78 is 27.1. The van der Waals surface area contributed by atoms with Gasteiger partial charge in [0.15, 0.2) is 0 Å². The van der Waals surface area contributed by atoms with Crippen LogP contribution in [0.5, 0.6) is 0 Å². The Labute approximate surface area is 169 Å². The number of sulfonamides is 1. The number of carbonyl (C=O) groups is 1. The maximum Gasteiger partial charge on any atom is 0.244 e. The third kappa shape index (κ3) is 4.46. The topological polar surface area (TPSA) is 57.7 Å². The highest BCUT2D eigenvalue weighted by molar-refractivity contribution is 7.89. The third-order valence-corrected chi connectivity index (χ3v) is 7.32. The van der Waals surface area contributed by atoms with Crippen molar-refractivity contribution >= 4 is 39.1 Å². The van der Waals surface area contributed by atoms with Crippen LogP contribution in [0, 0.1) is 6.92 Å². The zero-order chi connectivity index (χ0) is 19.6. The molecule has 0 bridgehead atoms. The molecule has 2 aromatic rings. The molecule has 1 fully saturated rings. The Morgan fingerprint density at radius 2 is 1.70 bits per heavy atom. The van der Waals surface area contributed by atoms with E-state index in [1.54, 1.807) is 11.0 Å². The van der Waals surface area contributed by atoms with Crippen molar-refractivity contribution < 1.29 is 13.2 Å². The molecule has 8 heteroatoms. The first-order chi connectivity index (χ1) is 12.8. The average Bonchev–Trinajstić information content (AvgIpc) is 2.65. The van der Waals surface area contributed by atoms with E-state index >= 15 is 0 Å². The van der Waals surface area contributed by atoms with Crippen LogP contribution in [0.2, 0.25) is 10.0 Å². The summed E-state index contributed by atoms with van der Waals surface area (Å²) in [5.74, 6) is 0.00198. The molecule has 0 saturated carbocycles. The standard InChI is InChI=1S/C19H20Cl2N2O3S/c1-14-4-2-3-5-15(14)12-19(24)22-8-10-23(11-9-22)27(25,26)18-13-16(20)6-7-17(18)21/h2-7,13H,8-12H2,1H3. The lowest BCUT2D eigenvalue weighted by Crippen LogP contribution is -2.50. The summed E-state index contributed by atoms with van der Waals surface area (Å²) in [5.41, 5.74) is 2.06. The maximum absolute atomic E-state index is 12.9. The monoisotopic (exact) mass is 426 g/mol. The number of halogens is 2. The largest absolute Gasteiger partial charge is 0.340 e. The fraction of sp³-hybridized carbons (Fsp3) is 0.316. The lowest BCUT2D eigenvalue weighted by Gasteiger charge is -2.34. The molecule has 2 aromatic carbocycles. The molecule has 27 heavy (non-hydrogen) atoms. The van der Waals surface area contributed by atoms with E-state index in [4.69, 9.17) is 23.2 Å². The second kappa shape index (κ2) is 8.19. The Morgan fingerprint density at radius 3 is 2.37 bits per heavy atom.